The van der Waals surface area contributed by atoms with Gasteiger partial charge in [0.25, 0.3) is 0 Å². The van der Waals surface area contributed by atoms with Crippen LogP contribution in [0.5, 0.6) is 0 Å². The summed E-state index contributed by atoms with van der Waals surface area (Å²) < 4.78 is 0. The first kappa shape index (κ1) is 10.6. The molecule has 1 N–H and O–H groups in total. The number of fused-ring (bicyclic) bond motifs is 1. The van der Waals surface area contributed by atoms with E-state index in [0.717, 1.165) is 6.42 Å². The van der Waals surface area contributed by atoms with Crippen molar-refractivity contribution in [2.24, 2.45) is 17.8 Å². The van der Waals surface area contributed by atoms with Crippen LogP contribution < -0.4 is 5.32 Å². The van der Waals surface area contributed by atoms with Crippen LogP contribution in [-0.2, 0) is 9.59 Å². The minimum Gasteiger partial charge on any atom is -0.315 e. The zero-order valence-electron chi connectivity index (χ0n) is 9.32. The number of nitrogens with zero attached hydrogens (tertiary/aromatic N) is 1. The van der Waals surface area contributed by atoms with E-state index in [4.69, 9.17) is 0 Å². The number of carbonyl (C=O) groups excluding carboxylic acids is 2. The Labute approximate surface area is 90.0 Å². The molecule has 2 saturated heterocycles. The standard InChI is InChI=1S/C11H18N2O2/c1-7(2)3-4-13-10(14)8-5-12-6-9(8)11(13)15/h7-9,12H,3-6H2,1-2H3/t8-,9+. The maximum absolute atomic E-state index is 11.9. The third kappa shape index (κ3) is 1.78. The smallest absolute Gasteiger partial charge is 0.234 e. The molecular weight excluding hydrogens is 192 g/mol. The van der Waals surface area contributed by atoms with E-state index in [2.05, 4.69) is 19.2 Å². The molecule has 2 aliphatic rings. The van der Waals surface area contributed by atoms with Gasteiger partial charge in [-0.15, -0.1) is 0 Å². The number of carbonyl (C=O) groups is 2. The van der Waals surface area contributed by atoms with Gasteiger partial charge in [-0.1, -0.05) is 13.8 Å². The van der Waals surface area contributed by atoms with Gasteiger partial charge in [-0.3, -0.25) is 14.5 Å². The highest BCUT2D eigenvalue weighted by Gasteiger charge is 2.49. The molecule has 0 spiro atoms. The lowest BCUT2D eigenvalue weighted by atomic mass is 10.00. The molecule has 4 nitrogen and oxygen atoms in total. The van der Waals surface area contributed by atoms with Gasteiger partial charge in [0, 0.05) is 19.6 Å². The zero-order chi connectivity index (χ0) is 11.0. The van der Waals surface area contributed by atoms with Gasteiger partial charge >= 0.3 is 0 Å². The van der Waals surface area contributed by atoms with Crippen LogP contribution in [0.2, 0.25) is 0 Å². The fourth-order valence-electron chi connectivity index (χ4n) is 2.31. The molecule has 15 heavy (non-hydrogen) atoms. The van der Waals surface area contributed by atoms with Gasteiger partial charge in [0.15, 0.2) is 0 Å². The molecule has 2 atom stereocenters. The fraction of sp³-hybridized carbons (Fsp3) is 0.818. The minimum atomic E-state index is -0.0790. The van der Waals surface area contributed by atoms with Crippen LogP contribution in [0, 0.1) is 17.8 Å². The van der Waals surface area contributed by atoms with Crippen molar-refractivity contribution in [3.8, 4) is 0 Å². The predicted molar refractivity (Wildman–Crippen MR) is 56.0 cm³/mol. The molecule has 0 saturated carbocycles. The number of hydrogen-bond acceptors (Lipinski definition) is 3. The van der Waals surface area contributed by atoms with Crippen LogP contribution in [0.3, 0.4) is 0 Å². The highest BCUT2D eigenvalue weighted by Crippen LogP contribution is 2.29. The summed E-state index contributed by atoms with van der Waals surface area (Å²) in [6.07, 6.45) is 0.907. The molecular formula is C11H18N2O2. The SMILES string of the molecule is CC(C)CCN1C(=O)[C@H]2CNC[C@H]2C1=O. The van der Waals surface area contributed by atoms with E-state index < -0.39 is 0 Å². The molecule has 2 rings (SSSR count). The van der Waals surface area contributed by atoms with Gasteiger partial charge < -0.3 is 5.32 Å². The van der Waals surface area contributed by atoms with Crippen molar-refractivity contribution in [2.45, 2.75) is 20.3 Å². The van der Waals surface area contributed by atoms with Gasteiger partial charge in [-0.05, 0) is 12.3 Å². The van der Waals surface area contributed by atoms with E-state index in [1.54, 1.807) is 0 Å². The Balaban J connectivity index is 2.01. The average Bonchev–Trinajstić information content (AvgIpc) is 2.71. The van der Waals surface area contributed by atoms with Gasteiger partial charge in [-0.25, -0.2) is 0 Å². The number of hydrogen-bond donors (Lipinski definition) is 1. The van der Waals surface area contributed by atoms with E-state index in [-0.39, 0.29) is 23.7 Å². The van der Waals surface area contributed by atoms with E-state index >= 15 is 0 Å². The lowest BCUT2D eigenvalue weighted by Gasteiger charge is -2.16. The van der Waals surface area contributed by atoms with Gasteiger partial charge in [0.2, 0.25) is 11.8 Å². The molecule has 0 aliphatic carbocycles. The third-order valence-electron chi connectivity index (χ3n) is 3.31. The van der Waals surface area contributed by atoms with E-state index in [1.165, 1.54) is 4.90 Å². The topological polar surface area (TPSA) is 49.4 Å². The second kappa shape index (κ2) is 3.93. The molecule has 0 aromatic rings. The quantitative estimate of drug-likeness (QED) is 0.679. The van der Waals surface area contributed by atoms with Crippen molar-refractivity contribution in [1.82, 2.24) is 10.2 Å². The minimum absolute atomic E-state index is 0.0376. The second-order valence-corrected chi connectivity index (χ2v) is 4.88. The van der Waals surface area contributed by atoms with Crippen molar-refractivity contribution < 1.29 is 9.59 Å². The van der Waals surface area contributed by atoms with Crippen LogP contribution in [0.25, 0.3) is 0 Å². The zero-order valence-corrected chi connectivity index (χ0v) is 9.32. The molecule has 0 unspecified atom stereocenters. The summed E-state index contributed by atoms with van der Waals surface area (Å²) in [4.78, 5) is 25.2. The molecule has 0 aromatic heterocycles. The van der Waals surface area contributed by atoms with Crippen LogP contribution in [0.4, 0.5) is 0 Å². The van der Waals surface area contributed by atoms with Crippen molar-refractivity contribution in [1.29, 1.82) is 0 Å². The van der Waals surface area contributed by atoms with E-state index in [9.17, 15) is 9.59 Å². The summed E-state index contributed by atoms with van der Waals surface area (Å²) in [6.45, 7) is 6.16. The summed E-state index contributed by atoms with van der Waals surface area (Å²) in [7, 11) is 0. The molecule has 4 heteroatoms. The molecule has 0 radical (unpaired) electrons. The lowest BCUT2D eigenvalue weighted by Crippen LogP contribution is -2.35. The van der Waals surface area contributed by atoms with Crippen LogP contribution in [0.1, 0.15) is 20.3 Å². The Bertz CT molecular complexity index is 266. The molecule has 2 heterocycles. The Hall–Kier alpha value is -0.900. The summed E-state index contributed by atoms with van der Waals surface area (Å²) in [5, 5.41) is 3.10. The van der Waals surface area contributed by atoms with Crippen molar-refractivity contribution in [2.75, 3.05) is 19.6 Å². The number of nitrogens with one attached hydrogen (secondary N) is 1. The Kier molecular flexibility index (Phi) is 2.78. The number of amides is 2. The summed E-state index contributed by atoms with van der Waals surface area (Å²) in [5.74, 6) is 0.449. The lowest BCUT2D eigenvalue weighted by molar-refractivity contribution is -0.140. The van der Waals surface area contributed by atoms with Gasteiger partial charge in [-0.2, -0.15) is 0 Å². The first-order chi connectivity index (χ1) is 7.11. The Morgan fingerprint density at radius 3 is 2.27 bits per heavy atom. The maximum atomic E-state index is 11.9. The Morgan fingerprint density at radius 2 is 1.80 bits per heavy atom. The number of rotatable bonds is 3. The molecule has 2 fully saturated rings. The predicted octanol–water partition coefficient (Wildman–Crippen LogP) is 0.237. The number of imide groups is 1. The van der Waals surface area contributed by atoms with Gasteiger partial charge in [0.05, 0.1) is 11.8 Å². The maximum Gasteiger partial charge on any atom is 0.234 e. The Morgan fingerprint density at radius 1 is 1.27 bits per heavy atom. The number of likely N-dealkylation sites (tertiary alicyclic amines) is 1. The first-order valence-electron chi connectivity index (χ1n) is 5.67. The normalized spacial score (nSPS) is 30.5. The summed E-state index contributed by atoms with van der Waals surface area (Å²) in [5.41, 5.74) is 0. The summed E-state index contributed by atoms with van der Waals surface area (Å²) in [6, 6.07) is 0. The van der Waals surface area contributed by atoms with Crippen LogP contribution in [0.15, 0.2) is 0 Å². The second-order valence-electron chi connectivity index (χ2n) is 4.88. The molecule has 0 aromatic carbocycles. The van der Waals surface area contributed by atoms with Crippen molar-refractivity contribution in [3.05, 3.63) is 0 Å². The molecule has 0 bridgehead atoms. The van der Waals surface area contributed by atoms with Crippen LogP contribution >= 0.6 is 0 Å². The first-order valence-corrected chi connectivity index (χ1v) is 5.67. The third-order valence-corrected chi connectivity index (χ3v) is 3.31. The molecule has 84 valence electrons. The molecule has 2 amide bonds. The highest BCUT2D eigenvalue weighted by molar-refractivity contribution is 6.05. The monoisotopic (exact) mass is 210 g/mol. The largest absolute Gasteiger partial charge is 0.315 e. The highest BCUT2D eigenvalue weighted by atomic mass is 16.2. The van der Waals surface area contributed by atoms with Crippen molar-refractivity contribution in [3.63, 3.8) is 0 Å². The average molecular weight is 210 g/mol. The van der Waals surface area contributed by atoms with Crippen LogP contribution in [-0.4, -0.2) is 36.3 Å². The fourth-order valence-corrected chi connectivity index (χ4v) is 2.31. The molecule has 2 aliphatic heterocycles. The van der Waals surface area contributed by atoms with Crippen molar-refractivity contribution >= 4 is 11.8 Å². The van der Waals surface area contributed by atoms with Gasteiger partial charge in [0.1, 0.15) is 0 Å². The van der Waals surface area contributed by atoms with E-state index in [0.29, 0.717) is 25.6 Å². The summed E-state index contributed by atoms with van der Waals surface area (Å²) >= 11 is 0. The van der Waals surface area contributed by atoms with E-state index in [1.807, 2.05) is 0 Å².